The third kappa shape index (κ3) is 6.36. The number of carbonyl (C=O) groups is 1. The second kappa shape index (κ2) is 11.9. The molecular formula is C29H34N4O3. The van der Waals surface area contributed by atoms with E-state index < -0.39 is 0 Å². The molecule has 1 aliphatic heterocycles. The Labute approximate surface area is 213 Å². The van der Waals surface area contributed by atoms with E-state index in [1.165, 1.54) is 0 Å². The van der Waals surface area contributed by atoms with Gasteiger partial charge in [-0.1, -0.05) is 55.5 Å². The highest BCUT2D eigenvalue weighted by Crippen LogP contribution is 2.28. The topological polar surface area (TPSA) is 78.8 Å². The summed E-state index contributed by atoms with van der Waals surface area (Å²) in [5, 5.41) is 9.88. The number of hydrogen-bond donors (Lipinski definition) is 1. The molecule has 0 radical (unpaired) electrons. The van der Waals surface area contributed by atoms with Gasteiger partial charge in [0.25, 0.3) is 5.91 Å². The first kappa shape index (κ1) is 25.5. The zero-order valence-corrected chi connectivity index (χ0v) is 21.1. The van der Waals surface area contributed by atoms with Crippen LogP contribution in [0, 0.1) is 5.92 Å². The van der Waals surface area contributed by atoms with Crippen molar-refractivity contribution >= 4 is 18.1 Å². The zero-order valence-electron chi connectivity index (χ0n) is 21.1. The van der Waals surface area contributed by atoms with Crippen LogP contribution in [0.5, 0.6) is 5.88 Å². The number of aromatic nitrogens is 2. The van der Waals surface area contributed by atoms with Crippen LogP contribution in [-0.4, -0.2) is 69.7 Å². The molecule has 3 heterocycles. The Balaban J connectivity index is 1.61. The van der Waals surface area contributed by atoms with Crippen molar-refractivity contribution in [2.45, 2.75) is 32.5 Å². The number of amides is 1. The van der Waals surface area contributed by atoms with E-state index in [0.29, 0.717) is 24.5 Å². The first-order valence-corrected chi connectivity index (χ1v) is 12.3. The number of nitrogens with zero attached hydrogens (tertiary/aromatic N) is 4. The molecule has 0 fully saturated rings. The first-order chi connectivity index (χ1) is 17.4. The van der Waals surface area contributed by atoms with Crippen LogP contribution in [0.15, 0.2) is 67.1 Å². The van der Waals surface area contributed by atoms with Gasteiger partial charge >= 0.3 is 0 Å². The van der Waals surface area contributed by atoms with Gasteiger partial charge in [-0.25, -0.2) is 4.98 Å². The average Bonchev–Trinajstić information content (AvgIpc) is 2.90. The molecule has 0 saturated carbocycles. The summed E-state index contributed by atoms with van der Waals surface area (Å²) in [6.07, 6.45) is 9.10. The summed E-state index contributed by atoms with van der Waals surface area (Å²) in [6, 6.07) is 15.5. The summed E-state index contributed by atoms with van der Waals surface area (Å²) < 4.78 is 6.40. The Morgan fingerprint density at radius 3 is 2.67 bits per heavy atom. The second-order valence-corrected chi connectivity index (χ2v) is 9.55. The molecule has 0 aliphatic carbocycles. The van der Waals surface area contributed by atoms with E-state index >= 15 is 0 Å². The van der Waals surface area contributed by atoms with Gasteiger partial charge < -0.3 is 14.7 Å². The maximum atomic E-state index is 13.6. The van der Waals surface area contributed by atoms with Gasteiger partial charge in [0.2, 0.25) is 5.88 Å². The van der Waals surface area contributed by atoms with Gasteiger partial charge in [-0.2, -0.15) is 0 Å². The third-order valence-corrected chi connectivity index (χ3v) is 6.48. The SMILES string of the molecule is C[C@H]1CN([C@@H](C)CO)C(=O)c2cc(/C=C/c3ccccc3)cnc2O[C@@H]1CN(C)Cc1cccnc1. The number of carbonyl (C=O) groups excluding carboxylic acids is 1. The fourth-order valence-corrected chi connectivity index (χ4v) is 4.36. The molecule has 0 saturated heterocycles. The largest absolute Gasteiger partial charge is 0.472 e. The smallest absolute Gasteiger partial charge is 0.259 e. The summed E-state index contributed by atoms with van der Waals surface area (Å²) in [5.41, 5.74) is 3.41. The Morgan fingerprint density at radius 2 is 1.94 bits per heavy atom. The standard InChI is InChI=1S/C29H34N4O3/c1-21-17-33(22(2)20-34)29(35)26-14-24(12-11-23-8-5-4-6-9-23)16-31-28(26)36-27(21)19-32(3)18-25-10-7-13-30-15-25/h4-16,21-22,27,34H,17-20H2,1-3H3/b12-11+/t21-,22-,27+/m0/s1. The number of ether oxygens (including phenoxy) is 1. The van der Waals surface area contributed by atoms with Crippen LogP contribution in [0.25, 0.3) is 12.2 Å². The van der Waals surface area contributed by atoms with Crippen LogP contribution in [0.1, 0.15) is 40.9 Å². The van der Waals surface area contributed by atoms with Gasteiger partial charge in [-0.05, 0) is 42.8 Å². The molecule has 3 aromatic rings. The van der Waals surface area contributed by atoms with Crippen molar-refractivity contribution in [2.24, 2.45) is 5.92 Å². The third-order valence-electron chi connectivity index (χ3n) is 6.48. The molecule has 188 valence electrons. The number of benzene rings is 1. The van der Waals surface area contributed by atoms with Crippen molar-refractivity contribution < 1.29 is 14.6 Å². The molecule has 1 amide bonds. The van der Waals surface area contributed by atoms with Crippen molar-refractivity contribution in [3.8, 4) is 5.88 Å². The molecule has 4 rings (SSSR count). The van der Waals surface area contributed by atoms with Crippen LogP contribution in [0.4, 0.5) is 0 Å². The van der Waals surface area contributed by atoms with Gasteiger partial charge in [-0.3, -0.25) is 14.7 Å². The first-order valence-electron chi connectivity index (χ1n) is 12.3. The second-order valence-electron chi connectivity index (χ2n) is 9.55. The number of pyridine rings is 2. The van der Waals surface area contributed by atoms with Crippen LogP contribution in [-0.2, 0) is 6.54 Å². The highest BCUT2D eigenvalue weighted by molar-refractivity contribution is 5.97. The summed E-state index contributed by atoms with van der Waals surface area (Å²) in [6.45, 7) is 5.70. The Hall–Kier alpha value is -3.55. The lowest BCUT2D eigenvalue weighted by Crippen LogP contribution is -2.49. The molecule has 7 nitrogen and oxygen atoms in total. The molecule has 0 bridgehead atoms. The Morgan fingerprint density at radius 1 is 1.17 bits per heavy atom. The fraction of sp³-hybridized carbons (Fsp3) is 0.345. The maximum Gasteiger partial charge on any atom is 0.259 e. The number of hydrogen-bond acceptors (Lipinski definition) is 6. The summed E-state index contributed by atoms with van der Waals surface area (Å²) >= 11 is 0. The quantitative estimate of drug-likeness (QED) is 0.519. The van der Waals surface area contributed by atoms with Gasteiger partial charge in [0.1, 0.15) is 11.7 Å². The summed E-state index contributed by atoms with van der Waals surface area (Å²) in [4.78, 5) is 26.3. The van der Waals surface area contributed by atoms with Crippen molar-refractivity contribution in [3.05, 3.63) is 89.4 Å². The predicted octanol–water partition coefficient (Wildman–Crippen LogP) is 4.00. The average molecular weight is 487 g/mol. The molecule has 36 heavy (non-hydrogen) atoms. The molecule has 2 aromatic heterocycles. The lowest BCUT2D eigenvalue weighted by atomic mass is 9.99. The number of fused-ring (bicyclic) bond motifs is 1. The van der Waals surface area contributed by atoms with E-state index in [9.17, 15) is 9.90 Å². The highest BCUT2D eigenvalue weighted by atomic mass is 16.5. The highest BCUT2D eigenvalue weighted by Gasteiger charge is 2.34. The molecular weight excluding hydrogens is 452 g/mol. The normalized spacial score (nSPS) is 19.0. The lowest BCUT2D eigenvalue weighted by Gasteiger charge is -2.37. The van der Waals surface area contributed by atoms with Gasteiger partial charge in [0.15, 0.2) is 0 Å². The van der Waals surface area contributed by atoms with E-state index in [2.05, 4.69) is 27.9 Å². The number of aliphatic hydroxyl groups excluding tert-OH is 1. The zero-order chi connectivity index (χ0) is 25.5. The minimum absolute atomic E-state index is 0.0342. The molecule has 1 N–H and O–H groups in total. The minimum atomic E-state index is -0.316. The van der Waals surface area contributed by atoms with Crippen LogP contribution >= 0.6 is 0 Å². The van der Waals surface area contributed by atoms with Crippen LogP contribution < -0.4 is 4.74 Å². The van der Waals surface area contributed by atoms with Gasteiger partial charge in [-0.15, -0.1) is 0 Å². The van der Waals surface area contributed by atoms with E-state index in [1.54, 1.807) is 17.3 Å². The summed E-state index contributed by atoms with van der Waals surface area (Å²) in [7, 11) is 2.05. The Bertz CT molecular complexity index is 1170. The van der Waals surface area contributed by atoms with Crippen molar-refractivity contribution in [2.75, 3.05) is 26.7 Å². The number of aliphatic hydroxyl groups is 1. The Kier molecular flexibility index (Phi) is 8.46. The lowest BCUT2D eigenvalue weighted by molar-refractivity contribution is 0.0325. The van der Waals surface area contributed by atoms with E-state index in [0.717, 1.165) is 23.2 Å². The summed E-state index contributed by atoms with van der Waals surface area (Å²) in [5.74, 6) is 0.188. The number of likely N-dealkylation sites (N-methyl/N-ethyl adjacent to an activating group) is 1. The van der Waals surface area contributed by atoms with Crippen LogP contribution in [0.2, 0.25) is 0 Å². The molecule has 0 spiro atoms. The monoisotopic (exact) mass is 486 g/mol. The molecule has 0 unspecified atom stereocenters. The molecule has 7 heteroatoms. The van der Waals surface area contributed by atoms with E-state index in [1.807, 2.05) is 74.8 Å². The molecule has 1 aliphatic rings. The minimum Gasteiger partial charge on any atom is -0.472 e. The van der Waals surface area contributed by atoms with Crippen molar-refractivity contribution in [3.63, 3.8) is 0 Å². The van der Waals surface area contributed by atoms with Gasteiger partial charge in [0, 0.05) is 44.1 Å². The maximum absolute atomic E-state index is 13.6. The van der Waals surface area contributed by atoms with E-state index in [4.69, 9.17) is 4.74 Å². The molecule has 1 aromatic carbocycles. The molecule has 3 atom stereocenters. The number of rotatable bonds is 8. The van der Waals surface area contributed by atoms with Gasteiger partial charge in [0.05, 0.1) is 12.6 Å². The van der Waals surface area contributed by atoms with Crippen LogP contribution in [0.3, 0.4) is 0 Å². The van der Waals surface area contributed by atoms with Crippen molar-refractivity contribution in [1.29, 1.82) is 0 Å². The fourth-order valence-electron chi connectivity index (χ4n) is 4.36. The predicted molar refractivity (Wildman–Crippen MR) is 141 cm³/mol. The van der Waals surface area contributed by atoms with E-state index in [-0.39, 0.29) is 30.6 Å². The van der Waals surface area contributed by atoms with Crippen molar-refractivity contribution in [1.82, 2.24) is 19.8 Å².